The van der Waals surface area contributed by atoms with Crippen molar-refractivity contribution in [2.24, 2.45) is 5.92 Å². The zero-order valence-electron chi connectivity index (χ0n) is 9.30. The Kier molecular flexibility index (Phi) is 5.88. The molecule has 1 saturated carbocycles. The van der Waals surface area contributed by atoms with Crippen LogP contribution in [0.4, 0.5) is 0 Å². The molecule has 2 nitrogen and oxygen atoms in total. The lowest BCUT2D eigenvalue weighted by molar-refractivity contribution is -0.00289. The zero-order chi connectivity index (χ0) is 10.2. The zero-order valence-corrected chi connectivity index (χ0v) is 9.30. The maximum atomic E-state index is 5.84. The molecule has 1 rings (SSSR count). The highest BCUT2D eigenvalue weighted by atomic mass is 16.5. The Hall–Kier alpha value is -0.340. The van der Waals surface area contributed by atoms with E-state index >= 15 is 0 Å². The third kappa shape index (κ3) is 4.25. The number of rotatable bonds is 6. The van der Waals surface area contributed by atoms with Crippen molar-refractivity contribution in [3.05, 3.63) is 12.7 Å². The van der Waals surface area contributed by atoms with Gasteiger partial charge in [0.1, 0.15) is 0 Å². The fraction of sp³-hybridized carbons (Fsp3) is 0.833. The minimum atomic E-state index is 0.509. The molecule has 2 heteroatoms. The number of nitrogens with one attached hydrogen (secondary N) is 1. The largest absolute Gasteiger partial charge is 0.377 e. The van der Waals surface area contributed by atoms with Crippen LogP contribution in [0.3, 0.4) is 0 Å². The normalized spacial score (nSPS) is 27.5. The van der Waals surface area contributed by atoms with E-state index in [1.807, 2.05) is 6.08 Å². The Morgan fingerprint density at radius 2 is 2.21 bits per heavy atom. The summed E-state index contributed by atoms with van der Waals surface area (Å²) < 4.78 is 5.84. The lowest BCUT2D eigenvalue weighted by Crippen LogP contribution is -2.29. The van der Waals surface area contributed by atoms with Crippen molar-refractivity contribution in [3.8, 4) is 0 Å². The van der Waals surface area contributed by atoms with Gasteiger partial charge in [0.15, 0.2) is 0 Å². The van der Waals surface area contributed by atoms with Gasteiger partial charge < -0.3 is 10.1 Å². The van der Waals surface area contributed by atoms with Gasteiger partial charge in [-0.1, -0.05) is 25.8 Å². The van der Waals surface area contributed by atoms with Crippen LogP contribution in [0, 0.1) is 5.92 Å². The maximum absolute atomic E-state index is 5.84. The minimum absolute atomic E-state index is 0.509. The van der Waals surface area contributed by atoms with Crippen molar-refractivity contribution < 1.29 is 4.74 Å². The molecule has 14 heavy (non-hydrogen) atoms. The molecule has 0 aromatic carbocycles. The molecule has 0 saturated heterocycles. The summed E-state index contributed by atoms with van der Waals surface area (Å²) in [4.78, 5) is 0. The van der Waals surface area contributed by atoms with Crippen LogP contribution in [0.1, 0.15) is 32.6 Å². The Morgan fingerprint density at radius 3 is 2.93 bits per heavy atom. The van der Waals surface area contributed by atoms with Crippen molar-refractivity contribution in [2.45, 2.75) is 38.7 Å². The number of ether oxygens (including phenoxy) is 1. The van der Waals surface area contributed by atoms with E-state index < -0.39 is 0 Å². The van der Waals surface area contributed by atoms with E-state index in [1.54, 1.807) is 0 Å². The Balaban J connectivity index is 2.01. The van der Waals surface area contributed by atoms with Gasteiger partial charge in [-0.2, -0.15) is 0 Å². The van der Waals surface area contributed by atoms with Gasteiger partial charge in [-0.25, -0.2) is 0 Å². The maximum Gasteiger partial charge on any atom is 0.0601 e. The molecule has 0 radical (unpaired) electrons. The molecule has 2 unspecified atom stereocenters. The van der Waals surface area contributed by atoms with Gasteiger partial charge >= 0.3 is 0 Å². The van der Waals surface area contributed by atoms with Gasteiger partial charge in [0.25, 0.3) is 0 Å². The highest BCUT2D eigenvalue weighted by Crippen LogP contribution is 2.25. The molecule has 1 aliphatic carbocycles. The molecule has 0 aromatic rings. The third-order valence-corrected chi connectivity index (χ3v) is 2.93. The topological polar surface area (TPSA) is 21.3 Å². The smallest absolute Gasteiger partial charge is 0.0601 e. The molecule has 1 fully saturated rings. The predicted molar refractivity (Wildman–Crippen MR) is 60.4 cm³/mol. The summed E-state index contributed by atoms with van der Waals surface area (Å²) in [5.74, 6) is 0.753. The molecule has 2 atom stereocenters. The van der Waals surface area contributed by atoms with Crippen LogP contribution in [-0.2, 0) is 4.74 Å². The molecule has 1 N–H and O–H groups in total. The van der Waals surface area contributed by atoms with Gasteiger partial charge in [-0.05, 0) is 18.8 Å². The number of hydrogen-bond acceptors (Lipinski definition) is 2. The molecule has 82 valence electrons. The summed E-state index contributed by atoms with van der Waals surface area (Å²) in [6, 6.07) is 0. The summed E-state index contributed by atoms with van der Waals surface area (Å²) in [6.45, 7) is 8.62. The van der Waals surface area contributed by atoms with Crippen molar-refractivity contribution in [3.63, 3.8) is 0 Å². The van der Waals surface area contributed by atoms with Gasteiger partial charge in [0, 0.05) is 13.1 Å². The fourth-order valence-corrected chi connectivity index (χ4v) is 2.02. The quantitative estimate of drug-likeness (QED) is 0.521. The second-order valence-electron chi connectivity index (χ2n) is 4.16. The standard InChI is InChI=1S/C12H23NO/c1-3-8-13-9-10-14-12-7-5-4-6-11(12)2/h3,11-13H,1,4-10H2,2H3. The van der Waals surface area contributed by atoms with Gasteiger partial charge in [0.2, 0.25) is 0 Å². The van der Waals surface area contributed by atoms with Gasteiger partial charge in [-0.3, -0.25) is 0 Å². The highest BCUT2D eigenvalue weighted by Gasteiger charge is 2.21. The number of hydrogen-bond donors (Lipinski definition) is 1. The summed E-state index contributed by atoms with van der Waals surface area (Å²) >= 11 is 0. The molecule has 0 bridgehead atoms. The van der Waals surface area contributed by atoms with Crippen molar-refractivity contribution in [1.82, 2.24) is 5.32 Å². The van der Waals surface area contributed by atoms with Crippen LogP contribution in [0.5, 0.6) is 0 Å². The highest BCUT2D eigenvalue weighted by molar-refractivity contribution is 4.73. The third-order valence-electron chi connectivity index (χ3n) is 2.93. The van der Waals surface area contributed by atoms with E-state index in [0.717, 1.165) is 25.6 Å². The molecule has 0 heterocycles. The van der Waals surface area contributed by atoms with Crippen LogP contribution in [-0.4, -0.2) is 25.8 Å². The first-order valence-electron chi connectivity index (χ1n) is 5.78. The van der Waals surface area contributed by atoms with Crippen molar-refractivity contribution >= 4 is 0 Å². The monoisotopic (exact) mass is 197 g/mol. The molecule has 0 aromatic heterocycles. The van der Waals surface area contributed by atoms with Crippen molar-refractivity contribution in [1.29, 1.82) is 0 Å². The van der Waals surface area contributed by atoms with E-state index in [9.17, 15) is 0 Å². The molecule has 0 amide bonds. The van der Waals surface area contributed by atoms with E-state index in [-0.39, 0.29) is 0 Å². The molecular weight excluding hydrogens is 174 g/mol. The van der Waals surface area contributed by atoms with Crippen LogP contribution < -0.4 is 5.32 Å². The fourth-order valence-electron chi connectivity index (χ4n) is 2.02. The Labute approximate surface area is 87.7 Å². The first-order chi connectivity index (χ1) is 6.84. The van der Waals surface area contributed by atoms with Crippen LogP contribution in [0.25, 0.3) is 0 Å². The first-order valence-corrected chi connectivity index (χ1v) is 5.78. The van der Waals surface area contributed by atoms with E-state index in [2.05, 4.69) is 18.8 Å². The summed E-state index contributed by atoms with van der Waals surface area (Å²) in [6.07, 6.45) is 7.70. The lowest BCUT2D eigenvalue weighted by Gasteiger charge is -2.28. The van der Waals surface area contributed by atoms with Gasteiger partial charge in [-0.15, -0.1) is 6.58 Å². The molecular formula is C12H23NO. The van der Waals surface area contributed by atoms with Crippen LogP contribution in [0.2, 0.25) is 0 Å². The molecule has 0 aliphatic heterocycles. The lowest BCUT2D eigenvalue weighted by atomic mass is 9.88. The van der Waals surface area contributed by atoms with Gasteiger partial charge in [0.05, 0.1) is 12.7 Å². The molecule has 0 spiro atoms. The average Bonchev–Trinajstić information content (AvgIpc) is 2.20. The summed E-state index contributed by atoms with van der Waals surface area (Å²) in [7, 11) is 0. The van der Waals surface area contributed by atoms with Crippen LogP contribution in [0.15, 0.2) is 12.7 Å². The van der Waals surface area contributed by atoms with Crippen molar-refractivity contribution in [2.75, 3.05) is 19.7 Å². The minimum Gasteiger partial charge on any atom is -0.377 e. The van der Waals surface area contributed by atoms with E-state index in [1.165, 1.54) is 25.7 Å². The predicted octanol–water partition coefficient (Wildman–Crippen LogP) is 2.36. The molecule has 1 aliphatic rings. The SMILES string of the molecule is C=CCNCCOC1CCCCC1C. The second kappa shape index (κ2) is 7.02. The van der Waals surface area contributed by atoms with E-state index in [4.69, 9.17) is 4.74 Å². The van der Waals surface area contributed by atoms with E-state index in [0.29, 0.717) is 6.10 Å². The van der Waals surface area contributed by atoms with Crippen LogP contribution >= 0.6 is 0 Å². The average molecular weight is 197 g/mol. The Bertz CT molecular complexity index is 158. The first kappa shape index (κ1) is 11.7. The summed E-state index contributed by atoms with van der Waals surface area (Å²) in [5.41, 5.74) is 0. The Morgan fingerprint density at radius 1 is 1.43 bits per heavy atom. The second-order valence-corrected chi connectivity index (χ2v) is 4.16. The summed E-state index contributed by atoms with van der Waals surface area (Å²) in [5, 5.41) is 3.25.